The molecule has 0 aliphatic carbocycles. The molecule has 0 bridgehead atoms. The van der Waals surface area contributed by atoms with Gasteiger partial charge in [0.2, 0.25) is 5.91 Å². The molecule has 3 rings (SSSR count). The maximum atomic E-state index is 13.7. The van der Waals surface area contributed by atoms with Gasteiger partial charge in [-0.15, -0.1) is 0 Å². The Morgan fingerprint density at radius 3 is 2.74 bits per heavy atom. The molecular formula is C17H17F3N2O. The van der Waals surface area contributed by atoms with Gasteiger partial charge in [0.05, 0.1) is 17.7 Å². The van der Waals surface area contributed by atoms with Crippen molar-refractivity contribution in [3.05, 3.63) is 35.1 Å². The van der Waals surface area contributed by atoms with E-state index in [2.05, 4.69) is 0 Å². The molecule has 0 unspecified atom stereocenters. The van der Waals surface area contributed by atoms with Crippen LogP contribution in [-0.2, 0) is 4.79 Å². The summed E-state index contributed by atoms with van der Waals surface area (Å²) in [6, 6.07) is 5.18. The van der Waals surface area contributed by atoms with Gasteiger partial charge in [-0.1, -0.05) is 6.92 Å². The van der Waals surface area contributed by atoms with Crippen LogP contribution in [0, 0.1) is 22.6 Å². The van der Waals surface area contributed by atoms with Crippen molar-refractivity contribution < 1.29 is 18.0 Å². The van der Waals surface area contributed by atoms with E-state index in [1.54, 1.807) is 6.92 Å². The summed E-state index contributed by atoms with van der Waals surface area (Å²) >= 11 is 0. The summed E-state index contributed by atoms with van der Waals surface area (Å²) < 4.78 is 40.7. The smallest absolute Gasteiger partial charge is 0.252 e. The maximum absolute atomic E-state index is 13.7. The lowest BCUT2D eigenvalue weighted by Gasteiger charge is -2.29. The number of hydrogen-bond donors (Lipinski definition) is 0. The standard InChI is InChI=1S/C17H17F3N2O/c1-2-17(15(19)20)8-13-3-4-14(22(13)16(17)23)11-5-10(9-21)6-12(18)7-11/h5-7,13-15H,2-4,8H2,1H3/t13-,14+,17+/m1/s1. The Hall–Kier alpha value is -2.03. The second kappa shape index (κ2) is 5.55. The molecule has 0 N–H and O–H groups in total. The number of alkyl halides is 2. The molecule has 3 atom stereocenters. The topological polar surface area (TPSA) is 44.1 Å². The number of rotatable bonds is 3. The minimum atomic E-state index is -2.70. The van der Waals surface area contributed by atoms with Gasteiger partial charge >= 0.3 is 0 Å². The number of benzene rings is 1. The summed E-state index contributed by atoms with van der Waals surface area (Å²) in [5, 5.41) is 8.97. The highest BCUT2D eigenvalue weighted by molar-refractivity contribution is 5.86. The summed E-state index contributed by atoms with van der Waals surface area (Å²) in [5.41, 5.74) is -0.932. The molecule has 0 saturated carbocycles. The van der Waals surface area contributed by atoms with Crippen molar-refractivity contribution in [1.29, 1.82) is 5.26 Å². The molecule has 1 amide bonds. The summed E-state index contributed by atoms with van der Waals surface area (Å²) in [7, 11) is 0. The fraction of sp³-hybridized carbons (Fsp3) is 0.529. The van der Waals surface area contributed by atoms with Gasteiger partial charge in [-0.3, -0.25) is 4.79 Å². The van der Waals surface area contributed by atoms with Crippen LogP contribution in [0.1, 0.15) is 49.8 Å². The Bertz CT molecular complexity index is 685. The molecule has 0 aromatic heterocycles. The SMILES string of the molecule is CC[C@@]1(C(F)F)C[C@H]2CC[C@@H](c3cc(F)cc(C#N)c3)N2C1=O. The van der Waals surface area contributed by atoms with Crippen LogP contribution in [0.4, 0.5) is 13.2 Å². The van der Waals surface area contributed by atoms with Crippen molar-refractivity contribution in [1.82, 2.24) is 4.90 Å². The molecule has 2 heterocycles. The van der Waals surface area contributed by atoms with Crippen LogP contribution in [0.3, 0.4) is 0 Å². The van der Waals surface area contributed by atoms with E-state index >= 15 is 0 Å². The fourth-order valence-electron chi connectivity index (χ4n) is 3.98. The lowest BCUT2D eigenvalue weighted by Crippen LogP contribution is -2.40. The van der Waals surface area contributed by atoms with E-state index in [1.807, 2.05) is 6.07 Å². The van der Waals surface area contributed by atoms with Crippen molar-refractivity contribution in [3.8, 4) is 6.07 Å². The summed E-state index contributed by atoms with van der Waals surface area (Å²) in [6.45, 7) is 1.61. The summed E-state index contributed by atoms with van der Waals surface area (Å²) in [6.07, 6.45) is -1.22. The molecule has 23 heavy (non-hydrogen) atoms. The van der Waals surface area contributed by atoms with Crippen LogP contribution < -0.4 is 0 Å². The predicted octanol–water partition coefficient (Wildman–Crippen LogP) is 3.79. The van der Waals surface area contributed by atoms with Gasteiger partial charge < -0.3 is 4.90 Å². The molecule has 0 spiro atoms. The summed E-state index contributed by atoms with van der Waals surface area (Å²) in [4.78, 5) is 14.2. The minimum Gasteiger partial charge on any atom is -0.332 e. The zero-order valence-corrected chi connectivity index (χ0v) is 12.7. The first kappa shape index (κ1) is 15.9. The number of amides is 1. The molecular weight excluding hydrogens is 305 g/mol. The highest BCUT2D eigenvalue weighted by Crippen LogP contribution is 2.52. The van der Waals surface area contributed by atoms with Gasteiger partial charge in [0.1, 0.15) is 11.2 Å². The lowest BCUT2D eigenvalue weighted by molar-refractivity contribution is -0.146. The van der Waals surface area contributed by atoms with Crippen LogP contribution in [0.15, 0.2) is 18.2 Å². The highest BCUT2D eigenvalue weighted by atomic mass is 19.3. The van der Waals surface area contributed by atoms with Crippen molar-refractivity contribution in [3.63, 3.8) is 0 Å². The molecule has 6 heteroatoms. The second-order valence-electron chi connectivity index (χ2n) is 6.36. The molecule has 122 valence electrons. The molecule has 2 aliphatic heterocycles. The van der Waals surface area contributed by atoms with E-state index in [-0.39, 0.29) is 24.4 Å². The zero-order valence-electron chi connectivity index (χ0n) is 12.7. The molecule has 2 saturated heterocycles. The van der Waals surface area contributed by atoms with Gasteiger partial charge in [0, 0.05) is 6.04 Å². The van der Waals surface area contributed by atoms with Gasteiger partial charge in [0.15, 0.2) is 0 Å². The van der Waals surface area contributed by atoms with E-state index < -0.39 is 29.6 Å². The number of carbonyl (C=O) groups is 1. The van der Waals surface area contributed by atoms with Crippen LogP contribution >= 0.6 is 0 Å². The fourth-order valence-corrected chi connectivity index (χ4v) is 3.98. The van der Waals surface area contributed by atoms with E-state index in [4.69, 9.17) is 5.26 Å². The molecule has 3 nitrogen and oxygen atoms in total. The molecule has 0 radical (unpaired) electrons. The third kappa shape index (κ3) is 2.30. The largest absolute Gasteiger partial charge is 0.332 e. The first-order valence-electron chi connectivity index (χ1n) is 7.74. The van der Waals surface area contributed by atoms with Crippen LogP contribution in [-0.4, -0.2) is 23.3 Å². The van der Waals surface area contributed by atoms with Crippen molar-refractivity contribution in [2.24, 2.45) is 5.41 Å². The number of carbonyl (C=O) groups excluding carboxylic acids is 1. The second-order valence-corrected chi connectivity index (χ2v) is 6.36. The third-order valence-electron chi connectivity index (χ3n) is 5.25. The summed E-state index contributed by atoms with van der Waals surface area (Å²) in [5.74, 6) is -1.09. The van der Waals surface area contributed by atoms with Crippen molar-refractivity contribution >= 4 is 5.91 Å². The molecule has 1 aromatic rings. The van der Waals surface area contributed by atoms with Crippen molar-refractivity contribution in [2.45, 2.75) is 51.1 Å². The molecule has 2 fully saturated rings. The first-order chi connectivity index (χ1) is 10.9. The zero-order chi connectivity index (χ0) is 16.8. The van der Waals surface area contributed by atoms with Crippen LogP contribution in [0.5, 0.6) is 0 Å². The number of hydrogen-bond acceptors (Lipinski definition) is 2. The number of fused-ring (bicyclic) bond motifs is 1. The lowest BCUT2D eigenvalue weighted by atomic mass is 9.81. The van der Waals surface area contributed by atoms with Crippen LogP contribution in [0.25, 0.3) is 0 Å². The average Bonchev–Trinajstić information content (AvgIpc) is 3.05. The van der Waals surface area contributed by atoms with Gasteiger partial charge in [-0.05, 0) is 49.4 Å². The average molecular weight is 322 g/mol. The van der Waals surface area contributed by atoms with E-state index in [0.717, 1.165) is 6.07 Å². The number of nitrogens with zero attached hydrogens (tertiary/aromatic N) is 2. The quantitative estimate of drug-likeness (QED) is 0.850. The maximum Gasteiger partial charge on any atom is 0.252 e. The van der Waals surface area contributed by atoms with E-state index in [9.17, 15) is 18.0 Å². The Balaban J connectivity index is 1.98. The van der Waals surface area contributed by atoms with Gasteiger partial charge in [0.25, 0.3) is 6.43 Å². The number of nitriles is 1. The number of halogens is 3. The Morgan fingerprint density at radius 2 is 2.13 bits per heavy atom. The first-order valence-corrected chi connectivity index (χ1v) is 7.74. The van der Waals surface area contributed by atoms with Crippen LogP contribution in [0.2, 0.25) is 0 Å². The highest BCUT2D eigenvalue weighted by Gasteiger charge is 2.59. The van der Waals surface area contributed by atoms with Gasteiger partial charge in [-0.25, -0.2) is 13.2 Å². The van der Waals surface area contributed by atoms with E-state index in [1.165, 1.54) is 17.0 Å². The Kier molecular flexibility index (Phi) is 3.83. The Morgan fingerprint density at radius 1 is 1.39 bits per heavy atom. The minimum absolute atomic E-state index is 0.0931. The molecule has 2 aliphatic rings. The Labute approximate surface area is 132 Å². The van der Waals surface area contributed by atoms with Gasteiger partial charge in [-0.2, -0.15) is 5.26 Å². The monoisotopic (exact) mass is 322 g/mol. The normalized spacial score (nSPS) is 29.9. The third-order valence-corrected chi connectivity index (χ3v) is 5.25. The van der Waals surface area contributed by atoms with Crippen molar-refractivity contribution in [2.75, 3.05) is 0 Å². The molecule has 1 aromatic carbocycles. The van der Waals surface area contributed by atoms with E-state index in [0.29, 0.717) is 18.4 Å². The predicted molar refractivity (Wildman–Crippen MR) is 77.1 cm³/mol.